The predicted molar refractivity (Wildman–Crippen MR) is 119 cm³/mol. The molecule has 0 aliphatic heterocycles. The Kier molecular flexibility index (Phi) is 6.45. The van der Waals surface area contributed by atoms with Crippen molar-refractivity contribution >= 4 is 64.9 Å². The molecule has 3 aromatic rings. The standard InChI is InChI=1S/C18H20BrN3O2S3/c1-11-12(2)26-18-16(11)17(20-8-9-27(3,23)24)21-15(22-18)10-25-14-6-4-13(19)5-7-14/h4-7H,8-10H2,1-3H3,(H,20,21,22). The van der Waals surface area contributed by atoms with Gasteiger partial charge in [-0.05, 0) is 43.7 Å². The molecule has 1 aromatic carbocycles. The van der Waals surface area contributed by atoms with Crippen LogP contribution in [0.15, 0.2) is 33.6 Å². The van der Waals surface area contributed by atoms with Gasteiger partial charge in [-0.2, -0.15) is 0 Å². The van der Waals surface area contributed by atoms with Crippen molar-refractivity contribution in [1.82, 2.24) is 9.97 Å². The van der Waals surface area contributed by atoms with Gasteiger partial charge in [0.15, 0.2) is 0 Å². The molecule has 0 atom stereocenters. The van der Waals surface area contributed by atoms with E-state index in [1.807, 2.05) is 12.1 Å². The summed E-state index contributed by atoms with van der Waals surface area (Å²) in [6.07, 6.45) is 1.24. The highest BCUT2D eigenvalue weighted by molar-refractivity contribution is 9.10. The second-order valence-corrected chi connectivity index (χ2v) is 11.7. The molecule has 27 heavy (non-hydrogen) atoms. The maximum atomic E-state index is 11.4. The first-order valence-electron chi connectivity index (χ1n) is 8.29. The van der Waals surface area contributed by atoms with Gasteiger partial charge in [0, 0.05) is 27.0 Å². The summed E-state index contributed by atoms with van der Waals surface area (Å²) in [5.74, 6) is 2.17. The number of aryl methyl sites for hydroxylation is 2. The van der Waals surface area contributed by atoms with Crippen molar-refractivity contribution < 1.29 is 8.42 Å². The summed E-state index contributed by atoms with van der Waals surface area (Å²) in [7, 11) is -3.02. The van der Waals surface area contributed by atoms with Crippen LogP contribution in [0.3, 0.4) is 0 Å². The van der Waals surface area contributed by atoms with Gasteiger partial charge in [-0.1, -0.05) is 15.9 Å². The van der Waals surface area contributed by atoms with Crippen molar-refractivity contribution in [1.29, 1.82) is 0 Å². The third-order valence-corrected chi connectivity index (χ3v) is 7.61. The number of thioether (sulfide) groups is 1. The van der Waals surface area contributed by atoms with Gasteiger partial charge < -0.3 is 5.32 Å². The number of aromatic nitrogens is 2. The van der Waals surface area contributed by atoms with Gasteiger partial charge in [0.2, 0.25) is 0 Å². The number of fused-ring (bicyclic) bond motifs is 1. The summed E-state index contributed by atoms with van der Waals surface area (Å²) < 4.78 is 23.9. The van der Waals surface area contributed by atoms with E-state index in [4.69, 9.17) is 4.98 Å². The molecule has 5 nitrogen and oxygen atoms in total. The number of hydrogen-bond acceptors (Lipinski definition) is 7. The van der Waals surface area contributed by atoms with Gasteiger partial charge in [-0.15, -0.1) is 23.1 Å². The zero-order chi connectivity index (χ0) is 19.6. The van der Waals surface area contributed by atoms with Crippen molar-refractivity contribution in [3.05, 3.63) is 45.0 Å². The summed E-state index contributed by atoms with van der Waals surface area (Å²) >= 11 is 6.76. The van der Waals surface area contributed by atoms with Crippen molar-refractivity contribution in [3.63, 3.8) is 0 Å². The van der Waals surface area contributed by atoms with Crippen molar-refractivity contribution in [2.75, 3.05) is 23.9 Å². The van der Waals surface area contributed by atoms with E-state index in [2.05, 4.69) is 52.2 Å². The smallest absolute Gasteiger partial charge is 0.149 e. The molecule has 0 aliphatic carbocycles. The van der Waals surface area contributed by atoms with Crippen LogP contribution in [0, 0.1) is 13.8 Å². The maximum absolute atomic E-state index is 11.4. The van der Waals surface area contributed by atoms with Crippen molar-refractivity contribution in [2.45, 2.75) is 24.5 Å². The molecule has 3 rings (SSSR count). The number of sulfone groups is 1. The lowest BCUT2D eigenvalue weighted by atomic mass is 10.2. The lowest BCUT2D eigenvalue weighted by molar-refractivity contribution is 0.602. The van der Waals surface area contributed by atoms with E-state index >= 15 is 0 Å². The third kappa shape index (κ3) is 5.43. The highest BCUT2D eigenvalue weighted by atomic mass is 79.9. The molecule has 0 amide bonds. The quantitative estimate of drug-likeness (QED) is 0.483. The van der Waals surface area contributed by atoms with Gasteiger partial charge in [-0.3, -0.25) is 0 Å². The molecule has 0 saturated carbocycles. The number of anilines is 1. The van der Waals surface area contributed by atoms with Crippen LogP contribution < -0.4 is 5.32 Å². The lowest BCUT2D eigenvalue weighted by Crippen LogP contribution is -2.15. The van der Waals surface area contributed by atoms with E-state index < -0.39 is 9.84 Å². The summed E-state index contributed by atoms with van der Waals surface area (Å²) in [5.41, 5.74) is 1.14. The Hall–Kier alpha value is -1.16. The Morgan fingerprint density at radius 3 is 2.56 bits per heavy atom. The van der Waals surface area contributed by atoms with E-state index in [-0.39, 0.29) is 5.75 Å². The number of nitrogens with zero attached hydrogens (tertiary/aromatic N) is 2. The molecule has 9 heteroatoms. The molecule has 2 heterocycles. The molecule has 0 fully saturated rings. The van der Waals surface area contributed by atoms with Crippen LogP contribution >= 0.6 is 39.0 Å². The zero-order valence-corrected chi connectivity index (χ0v) is 19.3. The molecule has 0 unspecified atom stereocenters. The van der Waals surface area contributed by atoms with Gasteiger partial charge in [-0.25, -0.2) is 18.4 Å². The fraction of sp³-hybridized carbons (Fsp3) is 0.333. The van der Waals surface area contributed by atoms with E-state index in [9.17, 15) is 8.42 Å². The van der Waals surface area contributed by atoms with Crippen LogP contribution in [0.1, 0.15) is 16.3 Å². The van der Waals surface area contributed by atoms with Gasteiger partial charge in [0.25, 0.3) is 0 Å². The van der Waals surface area contributed by atoms with Crippen LogP contribution in [-0.4, -0.2) is 36.9 Å². The van der Waals surface area contributed by atoms with Crippen molar-refractivity contribution in [2.24, 2.45) is 0 Å². The Morgan fingerprint density at radius 2 is 1.89 bits per heavy atom. The minimum absolute atomic E-state index is 0.0731. The number of hydrogen-bond donors (Lipinski definition) is 1. The summed E-state index contributed by atoms with van der Waals surface area (Å²) in [6, 6.07) is 8.13. The number of benzene rings is 1. The zero-order valence-electron chi connectivity index (χ0n) is 15.2. The molecule has 0 saturated heterocycles. The van der Waals surface area contributed by atoms with Gasteiger partial charge in [0.05, 0.1) is 16.9 Å². The fourth-order valence-electron chi connectivity index (χ4n) is 2.52. The number of nitrogens with one attached hydrogen (secondary N) is 1. The topological polar surface area (TPSA) is 72.0 Å². The van der Waals surface area contributed by atoms with Crippen LogP contribution in [0.5, 0.6) is 0 Å². The molecule has 0 spiro atoms. The Labute approximate surface area is 176 Å². The molecule has 0 aliphatic rings. The van der Waals surface area contributed by atoms with Gasteiger partial charge >= 0.3 is 0 Å². The first kappa shape index (κ1) is 20.6. The largest absolute Gasteiger partial charge is 0.368 e. The minimum Gasteiger partial charge on any atom is -0.368 e. The highest BCUT2D eigenvalue weighted by Gasteiger charge is 2.15. The number of halogens is 1. The first-order chi connectivity index (χ1) is 12.7. The average Bonchev–Trinajstić information content (AvgIpc) is 2.87. The third-order valence-electron chi connectivity index (χ3n) is 4.02. The van der Waals surface area contributed by atoms with Crippen LogP contribution in [0.4, 0.5) is 5.82 Å². The molecule has 144 valence electrons. The number of rotatable bonds is 7. The molecule has 1 N–H and O–H groups in total. The summed E-state index contributed by atoms with van der Waals surface area (Å²) in [5, 5.41) is 4.19. The SMILES string of the molecule is Cc1sc2nc(CSc3ccc(Br)cc3)nc(NCCS(C)(=O)=O)c2c1C. The first-order valence-corrected chi connectivity index (χ1v) is 12.9. The van der Waals surface area contributed by atoms with E-state index in [0.717, 1.165) is 36.8 Å². The Balaban J connectivity index is 1.86. The number of thiophene rings is 1. The lowest BCUT2D eigenvalue weighted by Gasteiger charge is -2.09. The summed E-state index contributed by atoms with van der Waals surface area (Å²) in [4.78, 5) is 12.7. The normalized spacial score (nSPS) is 11.9. The molecule has 0 bridgehead atoms. The van der Waals surface area contributed by atoms with E-state index in [0.29, 0.717) is 12.3 Å². The van der Waals surface area contributed by atoms with Crippen LogP contribution in [0.2, 0.25) is 0 Å². The van der Waals surface area contributed by atoms with Crippen LogP contribution in [0.25, 0.3) is 10.2 Å². The molecule has 2 aromatic heterocycles. The average molecular weight is 486 g/mol. The minimum atomic E-state index is -3.02. The molecular formula is C18H20BrN3O2S3. The predicted octanol–water partition coefficient (Wildman–Crippen LogP) is 4.82. The fourth-order valence-corrected chi connectivity index (χ4v) is 5.06. The Morgan fingerprint density at radius 1 is 1.19 bits per heavy atom. The van der Waals surface area contributed by atoms with E-state index in [1.54, 1.807) is 23.1 Å². The summed E-state index contributed by atoms with van der Waals surface area (Å²) in [6.45, 7) is 4.45. The maximum Gasteiger partial charge on any atom is 0.149 e. The Bertz CT molecular complexity index is 1060. The van der Waals surface area contributed by atoms with Crippen molar-refractivity contribution in [3.8, 4) is 0 Å². The molecular weight excluding hydrogens is 466 g/mol. The molecule has 0 radical (unpaired) electrons. The van der Waals surface area contributed by atoms with Crippen LogP contribution in [-0.2, 0) is 15.6 Å². The second kappa shape index (κ2) is 8.46. The highest BCUT2D eigenvalue weighted by Crippen LogP contribution is 2.34. The van der Waals surface area contributed by atoms with Gasteiger partial charge in [0.1, 0.15) is 26.3 Å². The second-order valence-electron chi connectivity index (χ2n) is 6.25. The van der Waals surface area contributed by atoms with E-state index in [1.165, 1.54) is 11.1 Å². The monoisotopic (exact) mass is 485 g/mol.